The lowest BCUT2D eigenvalue weighted by molar-refractivity contribution is -0.167. The van der Waals surface area contributed by atoms with Crippen molar-refractivity contribution in [3.05, 3.63) is 0 Å². The van der Waals surface area contributed by atoms with E-state index in [1.807, 2.05) is 6.92 Å². The van der Waals surface area contributed by atoms with E-state index in [4.69, 9.17) is 9.47 Å². The van der Waals surface area contributed by atoms with Crippen molar-refractivity contribution in [2.24, 2.45) is 0 Å². The Bertz CT molecular complexity index is 201. The van der Waals surface area contributed by atoms with E-state index in [2.05, 4.69) is 6.92 Å². The third kappa shape index (κ3) is 8.26. The summed E-state index contributed by atoms with van der Waals surface area (Å²) in [6.45, 7) is 4.69. The molecule has 0 heterocycles. The maximum Gasteiger partial charge on any atom is 0.417 e. The largest absolute Gasteiger partial charge is 0.457 e. The second-order valence-electron chi connectivity index (χ2n) is 3.69. The molecule has 0 unspecified atom stereocenters. The molecule has 94 valence electrons. The fraction of sp³-hybridized carbons (Fsp3) is 0.833. The van der Waals surface area contributed by atoms with Gasteiger partial charge in [-0.3, -0.25) is 0 Å². The highest BCUT2D eigenvalue weighted by Crippen LogP contribution is 1.99. The summed E-state index contributed by atoms with van der Waals surface area (Å²) >= 11 is 0. The van der Waals surface area contributed by atoms with Crippen LogP contribution in [0.4, 0.5) is 0 Å². The first-order valence-electron chi connectivity index (χ1n) is 6.06. The summed E-state index contributed by atoms with van der Waals surface area (Å²) < 4.78 is 9.48. The van der Waals surface area contributed by atoms with Crippen LogP contribution in [0.25, 0.3) is 0 Å². The Kier molecular flexibility index (Phi) is 9.76. The molecule has 0 fully saturated rings. The number of hydrogen-bond donors (Lipinski definition) is 0. The van der Waals surface area contributed by atoms with Gasteiger partial charge in [0, 0.05) is 0 Å². The van der Waals surface area contributed by atoms with Crippen LogP contribution in [0.3, 0.4) is 0 Å². The zero-order valence-corrected chi connectivity index (χ0v) is 10.3. The maximum atomic E-state index is 11.1. The van der Waals surface area contributed by atoms with Crippen LogP contribution < -0.4 is 0 Å². The van der Waals surface area contributed by atoms with Crippen LogP contribution in [0.2, 0.25) is 0 Å². The van der Waals surface area contributed by atoms with Crippen LogP contribution in [0.15, 0.2) is 0 Å². The Hall–Kier alpha value is -1.06. The molecule has 0 saturated heterocycles. The second-order valence-corrected chi connectivity index (χ2v) is 3.69. The molecule has 0 aliphatic heterocycles. The molecule has 0 spiro atoms. The van der Waals surface area contributed by atoms with Crippen molar-refractivity contribution in [3.63, 3.8) is 0 Å². The summed E-state index contributed by atoms with van der Waals surface area (Å²) in [4.78, 5) is 22.1. The molecule has 4 heteroatoms. The fourth-order valence-electron chi connectivity index (χ4n) is 1.12. The second kappa shape index (κ2) is 10.5. The van der Waals surface area contributed by atoms with E-state index in [9.17, 15) is 9.59 Å². The topological polar surface area (TPSA) is 52.6 Å². The van der Waals surface area contributed by atoms with Crippen molar-refractivity contribution in [2.45, 2.75) is 52.4 Å². The lowest BCUT2D eigenvalue weighted by Crippen LogP contribution is -2.21. The quantitative estimate of drug-likeness (QED) is 0.365. The molecule has 0 amide bonds. The van der Waals surface area contributed by atoms with Crippen LogP contribution >= 0.6 is 0 Å². The molecule has 0 aliphatic rings. The normalized spacial score (nSPS) is 9.88. The molecule has 0 saturated carbocycles. The molecular weight excluding hydrogens is 208 g/mol. The highest BCUT2D eigenvalue weighted by atomic mass is 16.6. The van der Waals surface area contributed by atoms with Crippen molar-refractivity contribution in [2.75, 3.05) is 13.2 Å². The Morgan fingerprint density at radius 1 is 0.750 bits per heavy atom. The maximum absolute atomic E-state index is 11.1. The van der Waals surface area contributed by atoms with Gasteiger partial charge in [0.1, 0.15) is 0 Å². The molecule has 16 heavy (non-hydrogen) atoms. The fourth-order valence-corrected chi connectivity index (χ4v) is 1.12. The van der Waals surface area contributed by atoms with Crippen molar-refractivity contribution >= 4 is 11.9 Å². The molecule has 0 aliphatic carbocycles. The van der Waals surface area contributed by atoms with Crippen molar-refractivity contribution in [1.29, 1.82) is 0 Å². The number of esters is 2. The summed E-state index contributed by atoms with van der Waals surface area (Å²) in [6, 6.07) is 0. The third-order valence-electron chi connectivity index (χ3n) is 2.13. The average molecular weight is 230 g/mol. The molecular formula is C12H22O4. The SMILES string of the molecule is CCCCCCOC(=O)C(=O)OCCCC. The number of unbranched alkanes of at least 4 members (excludes halogenated alkanes) is 4. The summed E-state index contributed by atoms with van der Waals surface area (Å²) in [7, 11) is 0. The van der Waals surface area contributed by atoms with Gasteiger partial charge in [0.2, 0.25) is 0 Å². The first kappa shape index (κ1) is 14.9. The Morgan fingerprint density at radius 2 is 1.25 bits per heavy atom. The van der Waals surface area contributed by atoms with Crippen LogP contribution in [0.1, 0.15) is 52.4 Å². The zero-order valence-electron chi connectivity index (χ0n) is 10.3. The van der Waals surface area contributed by atoms with E-state index in [0.29, 0.717) is 13.2 Å². The zero-order chi connectivity index (χ0) is 12.2. The van der Waals surface area contributed by atoms with Gasteiger partial charge in [-0.05, 0) is 12.8 Å². The molecule has 0 atom stereocenters. The van der Waals surface area contributed by atoms with E-state index in [0.717, 1.165) is 38.5 Å². The first-order chi connectivity index (χ1) is 7.72. The number of hydrogen-bond acceptors (Lipinski definition) is 4. The van der Waals surface area contributed by atoms with Gasteiger partial charge in [0.25, 0.3) is 0 Å². The van der Waals surface area contributed by atoms with Crippen LogP contribution in [-0.4, -0.2) is 25.2 Å². The Morgan fingerprint density at radius 3 is 1.75 bits per heavy atom. The van der Waals surface area contributed by atoms with Gasteiger partial charge in [-0.25, -0.2) is 9.59 Å². The minimum atomic E-state index is -0.871. The molecule has 0 N–H and O–H groups in total. The smallest absolute Gasteiger partial charge is 0.417 e. The van der Waals surface area contributed by atoms with E-state index in [1.54, 1.807) is 0 Å². The molecule has 4 nitrogen and oxygen atoms in total. The standard InChI is InChI=1S/C12H22O4/c1-3-5-7-8-10-16-12(14)11(13)15-9-6-4-2/h3-10H2,1-2H3. The Labute approximate surface area is 97.3 Å². The molecule has 0 rings (SSSR count). The summed E-state index contributed by atoms with van der Waals surface area (Å²) in [5.41, 5.74) is 0. The van der Waals surface area contributed by atoms with E-state index in [-0.39, 0.29) is 0 Å². The van der Waals surface area contributed by atoms with Crippen molar-refractivity contribution < 1.29 is 19.1 Å². The number of ether oxygens (including phenoxy) is 2. The minimum Gasteiger partial charge on any atom is -0.457 e. The molecule has 0 aromatic rings. The van der Waals surface area contributed by atoms with Gasteiger partial charge in [-0.15, -0.1) is 0 Å². The van der Waals surface area contributed by atoms with E-state index < -0.39 is 11.9 Å². The van der Waals surface area contributed by atoms with E-state index in [1.165, 1.54) is 0 Å². The number of carbonyl (C=O) groups is 2. The minimum absolute atomic E-state index is 0.292. The van der Waals surface area contributed by atoms with Crippen molar-refractivity contribution in [1.82, 2.24) is 0 Å². The summed E-state index contributed by atoms with van der Waals surface area (Å²) in [6.07, 6.45) is 5.79. The molecule has 0 radical (unpaired) electrons. The van der Waals surface area contributed by atoms with Crippen molar-refractivity contribution in [3.8, 4) is 0 Å². The monoisotopic (exact) mass is 230 g/mol. The average Bonchev–Trinajstić information content (AvgIpc) is 2.28. The molecule has 0 aromatic heterocycles. The Balaban J connectivity index is 3.44. The predicted octanol–water partition coefficient (Wildman–Crippen LogP) is 2.45. The first-order valence-corrected chi connectivity index (χ1v) is 6.06. The van der Waals surface area contributed by atoms with Gasteiger partial charge in [-0.1, -0.05) is 39.5 Å². The molecule has 0 bridgehead atoms. The lowest BCUT2D eigenvalue weighted by Gasteiger charge is -2.04. The highest BCUT2D eigenvalue weighted by molar-refractivity contribution is 6.29. The van der Waals surface area contributed by atoms with Crippen LogP contribution in [-0.2, 0) is 19.1 Å². The highest BCUT2D eigenvalue weighted by Gasteiger charge is 2.16. The molecule has 0 aromatic carbocycles. The van der Waals surface area contributed by atoms with Crippen LogP contribution in [0.5, 0.6) is 0 Å². The summed E-state index contributed by atoms with van der Waals surface area (Å²) in [5, 5.41) is 0. The third-order valence-corrected chi connectivity index (χ3v) is 2.13. The number of carbonyl (C=O) groups excluding carboxylic acids is 2. The van der Waals surface area contributed by atoms with Gasteiger partial charge in [0.15, 0.2) is 0 Å². The van der Waals surface area contributed by atoms with Gasteiger partial charge in [0.05, 0.1) is 13.2 Å². The van der Waals surface area contributed by atoms with E-state index >= 15 is 0 Å². The summed E-state index contributed by atoms with van der Waals surface area (Å²) in [5.74, 6) is -1.74. The predicted molar refractivity (Wildman–Crippen MR) is 61.0 cm³/mol. The van der Waals surface area contributed by atoms with Crippen LogP contribution in [0, 0.1) is 0 Å². The number of rotatable bonds is 8. The van der Waals surface area contributed by atoms with Gasteiger partial charge >= 0.3 is 11.9 Å². The van der Waals surface area contributed by atoms with Gasteiger partial charge in [-0.2, -0.15) is 0 Å². The lowest BCUT2D eigenvalue weighted by atomic mass is 10.2. The van der Waals surface area contributed by atoms with Gasteiger partial charge < -0.3 is 9.47 Å².